The Morgan fingerprint density at radius 3 is 2.71 bits per heavy atom. The summed E-state index contributed by atoms with van der Waals surface area (Å²) in [5.41, 5.74) is 2.38. The van der Waals surface area contributed by atoms with Crippen LogP contribution >= 0.6 is 11.6 Å². The van der Waals surface area contributed by atoms with E-state index in [0.717, 1.165) is 24.5 Å². The van der Waals surface area contributed by atoms with Gasteiger partial charge in [-0.3, -0.25) is 0 Å². The third-order valence-corrected chi connectivity index (χ3v) is 3.91. The Kier molecular flexibility index (Phi) is 3.37. The average Bonchev–Trinajstić information content (AvgIpc) is 2.22. The van der Waals surface area contributed by atoms with Crippen LogP contribution in [0.5, 0.6) is 0 Å². The van der Waals surface area contributed by atoms with E-state index in [1.165, 1.54) is 11.3 Å². The van der Waals surface area contributed by atoms with Gasteiger partial charge in [-0.25, -0.2) is 0 Å². The third-order valence-electron chi connectivity index (χ3n) is 3.67. The minimum Gasteiger partial charge on any atom is -0.392 e. The molecular weight excluding hydrogens is 234 g/mol. The summed E-state index contributed by atoms with van der Waals surface area (Å²) < 4.78 is 0. The van der Waals surface area contributed by atoms with Crippen LogP contribution in [0.4, 0.5) is 5.69 Å². The highest BCUT2D eigenvalue weighted by Gasteiger charge is 2.34. The van der Waals surface area contributed by atoms with E-state index in [1.807, 2.05) is 12.1 Å². The Bertz CT molecular complexity index is 417. The SMILES string of the molecule is Cc1cc(Cl)ccc1N1CCC(O)C(C)(C)C1. The first kappa shape index (κ1) is 12.7. The van der Waals surface area contributed by atoms with E-state index < -0.39 is 0 Å². The lowest BCUT2D eigenvalue weighted by Gasteiger charge is -2.43. The van der Waals surface area contributed by atoms with Crippen molar-refractivity contribution in [3.05, 3.63) is 28.8 Å². The highest BCUT2D eigenvalue weighted by Crippen LogP contribution is 2.33. The van der Waals surface area contributed by atoms with Gasteiger partial charge >= 0.3 is 0 Å². The molecule has 0 aromatic heterocycles. The van der Waals surface area contributed by atoms with Crippen LogP contribution in [0.2, 0.25) is 5.02 Å². The minimum atomic E-state index is -0.202. The number of rotatable bonds is 1. The zero-order valence-corrected chi connectivity index (χ0v) is 11.5. The summed E-state index contributed by atoms with van der Waals surface area (Å²) in [5.74, 6) is 0. The Morgan fingerprint density at radius 2 is 2.12 bits per heavy atom. The highest BCUT2D eigenvalue weighted by atomic mass is 35.5. The van der Waals surface area contributed by atoms with Crippen molar-refractivity contribution in [3.63, 3.8) is 0 Å². The fraction of sp³-hybridized carbons (Fsp3) is 0.571. The van der Waals surface area contributed by atoms with Crippen molar-refractivity contribution in [2.45, 2.75) is 33.3 Å². The number of hydrogen-bond donors (Lipinski definition) is 1. The lowest BCUT2D eigenvalue weighted by Crippen LogP contribution is -2.48. The van der Waals surface area contributed by atoms with E-state index in [4.69, 9.17) is 11.6 Å². The molecule has 2 rings (SSSR count). The molecular formula is C14H20ClNO. The summed E-state index contributed by atoms with van der Waals surface area (Å²) in [6.45, 7) is 8.12. The van der Waals surface area contributed by atoms with Crippen molar-refractivity contribution in [3.8, 4) is 0 Å². The molecule has 1 unspecified atom stereocenters. The highest BCUT2D eigenvalue weighted by molar-refractivity contribution is 6.30. The maximum atomic E-state index is 9.97. The molecule has 0 spiro atoms. The Morgan fingerprint density at radius 1 is 1.41 bits per heavy atom. The molecule has 3 heteroatoms. The second-order valence-electron chi connectivity index (χ2n) is 5.65. The van der Waals surface area contributed by atoms with Crippen LogP contribution in [0.15, 0.2) is 18.2 Å². The van der Waals surface area contributed by atoms with Crippen LogP contribution in [0, 0.1) is 12.3 Å². The molecule has 1 heterocycles. The van der Waals surface area contributed by atoms with Crippen LogP contribution < -0.4 is 4.90 Å². The van der Waals surface area contributed by atoms with Gasteiger partial charge in [0.05, 0.1) is 6.10 Å². The normalized spacial score (nSPS) is 23.8. The molecule has 1 saturated heterocycles. The lowest BCUT2D eigenvalue weighted by molar-refractivity contribution is 0.0336. The van der Waals surface area contributed by atoms with Crippen LogP contribution in [-0.4, -0.2) is 24.3 Å². The average molecular weight is 254 g/mol. The van der Waals surface area contributed by atoms with Gasteiger partial charge in [0.1, 0.15) is 0 Å². The van der Waals surface area contributed by atoms with Gasteiger partial charge in [-0.1, -0.05) is 25.4 Å². The van der Waals surface area contributed by atoms with Crippen molar-refractivity contribution in [2.75, 3.05) is 18.0 Å². The topological polar surface area (TPSA) is 23.5 Å². The van der Waals surface area contributed by atoms with Crippen molar-refractivity contribution in [1.29, 1.82) is 0 Å². The number of benzene rings is 1. The van der Waals surface area contributed by atoms with Gasteiger partial charge in [0, 0.05) is 29.2 Å². The molecule has 1 aromatic rings. The van der Waals surface area contributed by atoms with E-state index >= 15 is 0 Å². The van der Waals surface area contributed by atoms with Crippen molar-refractivity contribution >= 4 is 17.3 Å². The van der Waals surface area contributed by atoms with Gasteiger partial charge in [0.2, 0.25) is 0 Å². The van der Waals surface area contributed by atoms with Crippen LogP contribution in [0.3, 0.4) is 0 Å². The van der Waals surface area contributed by atoms with Gasteiger partial charge in [0.15, 0.2) is 0 Å². The van der Waals surface area contributed by atoms with Crippen LogP contribution in [0.25, 0.3) is 0 Å². The summed E-state index contributed by atoms with van der Waals surface area (Å²) in [6.07, 6.45) is 0.626. The Hall–Kier alpha value is -0.730. The molecule has 1 aromatic carbocycles. The van der Waals surface area contributed by atoms with Gasteiger partial charge in [-0.15, -0.1) is 0 Å². The van der Waals surface area contributed by atoms with Crippen molar-refractivity contribution in [1.82, 2.24) is 0 Å². The molecule has 0 bridgehead atoms. The maximum absolute atomic E-state index is 9.97. The largest absolute Gasteiger partial charge is 0.392 e. The molecule has 0 aliphatic carbocycles. The zero-order chi connectivity index (χ0) is 12.6. The molecule has 94 valence electrons. The molecule has 1 aliphatic heterocycles. The summed E-state index contributed by atoms with van der Waals surface area (Å²) >= 11 is 5.98. The first-order valence-corrected chi connectivity index (χ1v) is 6.47. The van der Waals surface area contributed by atoms with E-state index in [-0.39, 0.29) is 11.5 Å². The van der Waals surface area contributed by atoms with Crippen molar-refractivity contribution in [2.24, 2.45) is 5.41 Å². The smallest absolute Gasteiger partial charge is 0.0624 e. The fourth-order valence-electron chi connectivity index (χ4n) is 2.52. The Labute approximate surface area is 108 Å². The molecule has 0 radical (unpaired) electrons. The number of aryl methyl sites for hydroxylation is 1. The molecule has 1 fully saturated rings. The quantitative estimate of drug-likeness (QED) is 0.831. The number of aliphatic hydroxyl groups excluding tert-OH is 1. The molecule has 0 saturated carbocycles. The van der Waals surface area contributed by atoms with Gasteiger partial charge in [-0.05, 0) is 37.1 Å². The standard InChI is InChI=1S/C14H20ClNO/c1-10-8-11(15)4-5-12(10)16-7-6-13(17)14(2,3)9-16/h4-5,8,13,17H,6-7,9H2,1-3H3. The number of piperidine rings is 1. The Balaban J connectivity index is 2.24. The molecule has 17 heavy (non-hydrogen) atoms. The summed E-state index contributed by atoms with van der Waals surface area (Å²) in [4.78, 5) is 2.35. The van der Waals surface area contributed by atoms with E-state index in [0.29, 0.717) is 0 Å². The first-order chi connectivity index (χ1) is 7.90. The maximum Gasteiger partial charge on any atom is 0.0624 e. The molecule has 0 amide bonds. The number of halogens is 1. The van der Waals surface area contributed by atoms with Crippen LogP contribution in [0.1, 0.15) is 25.8 Å². The van der Waals surface area contributed by atoms with E-state index in [9.17, 15) is 5.11 Å². The van der Waals surface area contributed by atoms with Crippen LogP contribution in [-0.2, 0) is 0 Å². The number of hydrogen-bond acceptors (Lipinski definition) is 2. The monoisotopic (exact) mass is 253 g/mol. The van der Waals surface area contributed by atoms with Crippen molar-refractivity contribution < 1.29 is 5.11 Å². The second-order valence-corrected chi connectivity index (χ2v) is 6.08. The lowest BCUT2D eigenvalue weighted by atomic mass is 9.81. The second kappa shape index (κ2) is 4.51. The third kappa shape index (κ3) is 2.58. The number of aliphatic hydroxyl groups is 1. The predicted octanol–water partition coefficient (Wildman–Crippen LogP) is 3.25. The van der Waals surface area contributed by atoms with E-state index in [1.54, 1.807) is 0 Å². The fourth-order valence-corrected chi connectivity index (χ4v) is 2.75. The molecule has 1 aliphatic rings. The summed E-state index contributed by atoms with van der Waals surface area (Å²) in [5, 5.41) is 10.7. The van der Waals surface area contributed by atoms with E-state index in [2.05, 4.69) is 31.7 Å². The summed E-state index contributed by atoms with van der Waals surface area (Å²) in [6, 6.07) is 6.00. The molecule has 1 atom stereocenters. The molecule has 2 nitrogen and oxygen atoms in total. The van der Waals surface area contributed by atoms with Gasteiger partial charge in [0.25, 0.3) is 0 Å². The minimum absolute atomic E-state index is 0.0513. The van der Waals surface area contributed by atoms with Gasteiger partial charge in [-0.2, -0.15) is 0 Å². The number of anilines is 1. The molecule has 1 N–H and O–H groups in total. The van der Waals surface area contributed by atoms with Gasteiger partial charge < -0.3 is 10.0 Å². The number of nitrogens with zero attached hydrogens (tertiary/aromatic N) is 1. The first-order valence-electron chi connectivity index (χ1n) is 6.09. The predicted molar refractivity (Wildman–Crippen MR) is 72.8 cm³/mol. The summed E-state index contributed by atoms with van der Waals surface area (Å²) in [7, 11) is 0. The zero-order valence-electron chi connectivity index (χ0n) is 10.7.